The molecule has 0 radical (unpaired) electrons. The molecule has 1 aromatic carbocycles. The molecule has 0 unspecified atom stereocenters. The molecule has 0 amide bonds. The van der Waals surface area contributed by atoms with Gasteiger partial charge in [-0.05, 0) is 36.7 Å². The molecule has 1 nitrogen and oxygen atoms in total. The smallest absolute Gasteiger partial charge is 0.129 e. The highest BCUT2D eigenvalue weighted by Gasteiger charge is 2.33. The van der Waals surface area contributed by atoms with Gasteiger partial charge in [0.1, 0.15) is 5.82 Å². The van der Waals surface area contributed by atoms with Crippen molar-refractivity contribution >= 4 is 12.4 Å². The van der Waals surface area contributed by atoms with E-state index >= 15 is 0 Å². The summed E-state index contributed by atoms with van der Waals surface area (Å²) in [5.41, 5.74) is 0.727. The van der Waals surface area contributed by atoms with Crippen LogP contribution in [0.25, 0.3) is 0 Å². The Morgan fingerprint density at radius 2 is 2.00 bits per heavy atom. The monoisotopic (exact) mass is 272 g/mol. The number of aliphatic hydroxyl groups excluding tert-OH is 1. The van der Waals surface area contributed by atoms with Gasteiger partial charge >= 0.3 is 0 Å². The maximum absolute atomic E-state index is 13.6. The molecule has 0 bridgehead atoms. The van der Waals surface area contributed by atoms with Gasteiger partial charge in [0.05, 0.1) is 6.10 Å². The first kappa shape index (κ1) is 15.5. The number of halogens is 2. The molecule has 18 heavy (non-hydrogen) atoms. The van der Waals surface area contributed by atoms with Crippen LogP contribution in [0.2, 0.25) is 0 Å². The SMILES string of the molecule is CC1(C)CCC[C@@H]([C@H](O)c2ccccc2F)C1.Cl. The summed E-state index contributed by atoms with van der Waals surface area (Å²) in [5, 5.41) is 10.3. The van der Waals surface area contributed by atoms with Crippen LogP contribution in [0.3, 0.4) is 0 Å². The Hall–Kier alpha value is -0.600. The Labute approximate surface area is 115 Å². The maximum Gasteiger partial charge on any atom is 0.129 e. The van der Waals surface area contributed by atoms with Crippen molar-refractivity contribution in [2.45, 2.75) is 45.6 Å². The largest absolute Gasteiger partial charge is 0.388 e. The molecule has 1 aliphatic carbocycles. The van der Waals surface area contributed by atoms with Gasteiger partial charge < -0.3 is 5.11 Å². The molecule has 2 rings (SSSR count). The summed E-state index contributed by atoms with van der Waals surface area (Å²) >= 11 is 0. The Bertz CT molecular complexity index is 392. The second-order valence-electron chi connectivity index (χ2n) is 5.99. The van der Waals surface area contributed by atoms with E-state index in [4.69, 9.17) is 0 Å². The zero-order valence-corrected chi connectivity index (χ0v) is 11.8. The molecule has 1 N–H and O–H groups in total. The molecule has 1 aliphatic rings. The Kier molecular flexibility index (Phi) is 5.18. The molecule has 102 valence electrons. The molecular weight excluding hydrogens is 251 g/mol. The van der Waals surface area contributed by atoms with Gasteiger partial charge in [0.2, 0.25) is 0 Å². The molecule has 3 heteroatoms. The van der Waals surface area contributed by atoms with Crippen LogP contribution in [0.15, 0.2) is 24.3 Å². The minimum absolute atomic E-state index is 0. The van der Waals surface area contributed by atoms with Crippen LogP contribution in [0, 0.1) is 17.2 Å². The lowest BCUT2D eigenvalue weighted by Crippen LogP contribution is -2.27. The third-order valence-electron chi connectivity index (χ3n) is 3.91. The summed E-state index contributed by atoms with van der Waals surface area (Å²) in [5.74, 6) is -0.0981. The first-order valence-electron chi connectivity index (χ1n) is 6.42. The summed E-state index contributed by atoms with van der Waals surface area (Å²) in [6.07, 6.45) is 3.65. The molecular formula is C15H22ClFO. The van der Waals surface area contributed by atoms with E-state index in [1.54, 1.807) is 18.2 Å². The summed E-state index contributed by atoms with van der Waals surface area (Å²) in [6.45, 7) is 4.46. The van der Waals surface area contributed by atoms with Crippen molar-refractivity contribution in [1.82, 2.24) is 0 Å². The van der Waals surface area contributed by atoms with Gasteiger partial charge in [0.15, 0.2) is 0 Å². The fourth-order valence-corrected chi connectivity index (χ4v) is 3.00. The predicted molar refractivity (Wildman–Crippen MR) is 74.3 cm³/mol. The first-order valence-corrected chi connectivity index (χ1v) is 6.42. The highest BCUT2D eigenvalue weighted by molar-refractivity contribution is 5.85. The fourth-order valence-electron chi connectivity index (χ4n) is 3.00. The van der Waals surface area contributed by atoms with Crippen LogP contribution >= 0.6 is 12.4 Å². The zero-order chi connectivity index (χ0) is 12.5. The number of hydrogen-bond acceptors (Lipinski definition) is 1. The zero-order valence-electron chi connectivity index (χ0n) is 11.0. The minimum atomic E-state index is -0.657. The molecule has 0 saturated heterocycles. The third-order valence-corrected chi connectivity index (χ3v) is 3.91. The normalized spacial score (nSPS) is 24.1. The van der Waals surface area contributed by atoms with Crippen molar-refractivity contribution in [1.29, 1.82) is 0 Å². The van der Waals surface area contributed by atoms with Gasteiger partial charge in [-0.3, -0.25) is 0 Å². The molecule has 0 aromatic heterocycles. The van der Waals surface area contributed by atoms with Gasteiger partial charge in [-0.2, -0.15) is 0 Å². The van der Waals surface area contributed by atoms with Crippen LogP contribution in [-0.4, -0.2) is 5.11 Å². The lowest BCUT2D eigenvalue weighted by molar-refractivity contribution is 0.0437. The van der Waals surface area contributed by atoms with E-state index in [0.29, 0.717) is 5.56 Å². The van der Waals surface area contributed by atoms with Crippen molar-refractivity contribution in [2.24, 2.45) is 11.3 Å². The average Bonchev–Trinajstić information content (AvgIpc) is 2.27. The summed E-state index contributed by atoms with van der Waals surface area (Å²) < 4.78 is 13.6. The highest BCUT2D eigenvalue weighted by Crippen LogP contribution is 2.43. The van der Waals surface area contributed by atoms with Gasteiger partial charge in [0.25, 0.3) is 0 Å². The summed E-state index contributed by atoms with van der Waals surface area (Å²) in [6, 6.07) is 6.57. The average molecular weight is 273 g/mol. The third kappa shape index (κ3) is 3.46. The van der Waals surface area contributed by atoms with E-state index in [1.807, 2.05) is 0 Å². The van der Waals surface area contributed by atoms with Gasteiger partial charge in [-0.15, -0.1) is 12.4 Å². The van der Waals surface area contributed by atoms with E-state index in [-0.39, 0.29) is 29.6 Å². The molecule has 1 saturated carbocycles. The van der Waals surface area contributed by atoms with E-state index < -0.39 is 6.10 Å². The number of benzene rings is 1. The van der Waals surface area contributed by atoms with Gasteiger partial charge in [0, 0.05) is 5.56 Å². The van der Waals surface area contributed by atoms with E-state index in [9.17, 15) is 9.50 Å². The Balaban J connectivity index is 0.00000162. The van der Waals surface area contributed by atoms with Crippen LogP contribution in [0.5, 0.6) is 0 Å². The standard InChI is InChI=1S/C15H21FO.ClH/c1-15(2)9-5-6-11(10-15)14(17)12-7-3-4-8-13(12)16;/h3-4,7-8,11,14,17H,5-6,9-10H2,1-2H3;1H/t11-,14+;/m1./s1. The van der Waals surface area contributed by atoms with Crippen LogP contribution in [0.4, 0.5) is 4.39 Å². The Morgan fingerprint density at radius 3 is 2.61 bits per heavy atom. The summed E-state index contributed by atoms with van der Waals surface area (Å²) in [7, 11) is 0. The minimum Gasteiger partial charge on any atom is -0.388 e. The van der Waals surface area contributed by atoms with Crippen LogP contribution in [-0.2, 0) is 0 Å². The molecule has 0 aliphatic heterocycles. The van der Waals surface area contributed by atoms with Crippen molar-refractivity contribution in [2.75, 3.05) is 0 Å². The predicted octanol–water partition coefficient (Wildman–Crippen LogP) is 4.50. The topological polar surface area (TPSA) is 20.2 Å². The number of hydrogen-bond donors (Lipinski definition) is 1. The van der Waals surface area contributed by atoms with E-state index in [0.717, 1.165) is 19.3 Å². The van der Waals surface area contributed by atoms with Crippen molar-refractivity contribution in [3.8, 4) is 0 Å². The molecule has 0 heterocycles. The van der Waals surface area contributed by atoms with Crippen LogP contribution in [0.1, 0.15) is 51.2 Å². The lowest BCUT2D eigenvalue weighted by Gasteiger charge is -2.37. The van der Waals surface area contributed by atoms with Gasteiger partial charge in [-0.25, -0.2) is 4.39 Å². The van der Waals surface area contributed by atoms with Gasteiger partial charge in [-0.1, -0.05) is 38.5 Å². The molecule has 1 fully saturated rings. The second kappa shape index (κ2) is 6.03. The maximum atomic E-state index is 13.6. The second-order valence-corrected chi connectivity index (χ2v) is 5.99. The van der Waals surface area contributed by atoms with Crippen molar-refractivity contribution in [3.05, 3.63) is 35.6 Å². The lowest BCUT2D eigenvalue weighted by atomic mass is 9.70. The van der Waals surface area contributed by atoms with Crippen molar-refractivity contribution in [3.63, 3.8) is 0 Å². The number of rotatable bonds is 2. The molecule has 2 atom stereocenters. The highest BCUT2D eigenvalue weighted by atomic mass is 35.5. The first-order chi connectivity index (χ1) is 7.99. The fraction of sp³-hybridized carbons (Fsp3) is 0.600. The molecule has 1 aromatic rings. The number of aliphatic hydroxyl groups is 1. The van der Waals surface area contributed by atoms with Crippen LogP contribution < -0.4 is 0 Å². The summed E-state index contributed by atoms with van der Waals surface area (Å²) in [4.78, 5) is 0. The van der Waals surface area contributed by atoms with E-state index in [1.165, 1.54) is 12.5 Å². The quantitative estimate of drug-likeness (QED) is 0.841. The van der Waals surface area contributed by atoms with Crippen molar-refractivity contribution < 1.29 is 9.50 Å². The Morgan fingerprint density at radius 1 is 1.33 bits per heavy atom. The molecule has 0 spiro atoms. The van der Waals surface area contributed by atoms with E-state index in [2.05, 4.69) is 13.8 Å².